The lowest BCUT2D eigenvalue weighted by Crippen LogP contribution is -2.46. The molecule has 166 valence electrons. The number of aromatic nitrogens is 5. The summed E-state index contributed by atoms with van der Waals surface area (Å²) in [6.45, 7) is 5.71. The van der Waals surface area contributed by atoms with E-state index < -0.39 is 0 Å². The van der Waals surface area contributed by atoms with Crippen LogP contribution in [0, 0.1) is 5.82 Å². The lowest BCUT2D eigenvalue weighted by atomic mass is 10.1. The first-order chi connectivity index (χ1) is 15.6. The number of nitrogens with zero attached hydrogens (tertiary/aromatic N) is 6. The number of anilines is 2. The van der Waals surface area contributed by atoms with Gasteiger partial charge in [-0.1, -0.05) is 6.92 Å². The van der Waals surface area contributed by atoms with E-state index in [1.807, 2.05) is 31.3 Å². The van der Waals surface area contributed by atoms with Crippen molar-refractivity contribution in [1.29, 1.82) is 0 Å². The van der Waals surface area contributed by atoms with E-state index in [0.29, 0.717) is 40.2 Å². The Balaban J connectivity index is 1.30. The minimum Gasteiger partial charge on any atom is -0.373 e. The fourth-order valence-corrected chi connectivity index (χ4v) is 4.30. The van der Waals surface area contributed by atoms with Crippen LogP contribution in [-0.4, -0.2) is 62.7 Å². The summed E-state index contributed by atoms with van der Waals surface area (Å²) in [5.41, 5.74) is 3.07. The number of aryl methyl sites for hydroxylation is 1. The smallest absolute Gasteiger partial charge is 0.273 e. The number of piperazine rings is 1. The first-order valence-electron chi connectivity index (χ1n) is 10.8. The highest BCUT2D eigenvalue weighted by molar-refractivity contribution is 5.91. The fraction of sp³-hybridized carbons (Fsp3) is 0.364. The predicted octanol–water partition coefficient (Wildman–Crippen LogP) is 2.03. The van der Waals surface area contributed by atoms with Gasteiger partial charge >= 0.3 is 0 Å². The Kier molecular flexibility index (Phi) is 5.22. The van der Waals surface area contributed by atoms with E-state index in [2.05, 4.69) is 35.2 Å². The molecule has 9 nitrogen and oxygen atoms in total. The van der Waals surface area contributed by atoms with E-state index in [9.17, 15) is 4.79 Å². The molecule has 0 spiro atoms. The number of hydrogen-bond donors (Lipinski definition) is 2. The maximum absolute atomic E-state index is 15.2. The van der Waals surface area contributed by atoms with Crippen molar-refractivity contribution in [2.24, 2.45) is 0 Å². The van der Waals surface area contributed by atoms with E-state index in [0.717, 1.165) is 38.3 Å². The van der Waals surface area contributed by atoms with Gasteiger partial charge in [0.2, 0.25) is 0 Å². The second-order valence-electron chi connectivity index (χ2n) is 7.96. The summed E-state index contributed by atoms with van der Waals surface area (Å²) in [6.07, 6.45) is 3.93. The van der Waals surface area contributed by atoms with Gasteiger partial charge < -0.3 is 15.2 Å². The number of rotatable bonds is 5. The lowest BCUT2D eigenvalue weighted by Gasteiger charge is -2.36. The van der Waals surface area contributed by atoms with E-state index in [-0.39, 0.29) is 11.4 Å². The molecule has 1 aliphatic heterocycles. The first kappa shape index (κ1) is 20.4. The largest absolute Gasteiger partial charge is 0.373 e. The van der Waals surface area contributed by atoms with Crippen LogP contribution < -0.4 is 15.8 Å². The van der Waals surface area contributed by atoms with Crippen molar-refractivity contribution in [3.8, 4) is 0 Å². The number of hydrogen-bond acceptors (Lipinski definition) is 7. The molecule has 5 rings (SSSR count). The van der Waals surface area contributed by atoms with Gasteiger partial charge in [0.25, 0.3) is 5.56 Å². The lowest BCUT2D eigenvalue weighted by molar-refractivity contribution is 0.249. The fourth-order valence-electron chi connectivity index (χ4n) is 4.30. The van der Waals surface area contributed by atoms with E-state index in [1.54, 1.807) is 11.6 Å². The third kappa shape index (κ3) is 3.56. The zero-order chi connectivity index (χ0) is 22.2. The molecule has 32 heavy (non-hydrogen) atoms. The monoisotopic (exact) mass is 436 g/mol. The van der Waals surface area contributed by atoms with Crippen molar-refractivity contribution in [2.45, 2.75) is 19.9 Å². The minimum atomic E-state index is -0.310. The van der Waals surface area contributed by atoms with Gasteiger partial charge in [0.15, 0.2) is 5.82 Å². The number of halogens is 1. The van der Waals surface area contributed by atoms with Crippen molar-refractivity contribution < 1.29 is 4.39 Å². The van der Waals surface area contributed by atoms with Gasteiger partial charge in [0.05, 0.1) is 5.69 Å². The van der Waals surface area contributed by atoms with Gasteiger partial charge in [-0.15, -0.1) is 0 Å². The highest BCUT2D eigenvalue weighted by Gasteiger charge is 2.22. The third-order valence-electron chi connectivity index (χ3n) is 6.00. The van der Waals surface area contributed by atoms with E-state index in [4.69, 9.17) is 0 Å². The number of fused-ring (bicyclic) bond motifs is 2. The number of nitrogens with one attached hydrogen (secondary N) is 2. The van der Waals surface area contributed by atoms with Gasteiger partial charge in [-0.25, -0.2) is 18.9 Å². The van der Waals surface area contributed by atoms with Gasteiger partial charge in [0, 0.05) is 51.4 Å². The molecule has 0 atom stereocenters. The van der Waals surface area contributed by atoms with Crippen molar-refractivity contribution in [1.82, 2.24) is 29.5 Å². The molecule has 0 aliphatic carbocycles. The Morgan fingerprint density at radius 2 is 2.00 bits per heavy atom. The van der Waals surface area contributed by atoms with Crippen LogP contribution in [0.1, 0.15) is 18.2 Å². The van der Waals surface area contributed by atoms with Gasteiger partial charge in [0.1, 0.15) is 29.0 Å². The molecule has 0 unspecified atom stereocenters. The van der Waals surface area contributed by atoms with E-state index in [1.165, 1.54) is 6.33 Å². The zero-order valence-corrected chi connectivity index (χ0v) is 18.1. The van der Waals surface area contributed by atoms with Crippen molar-refractivity contribution >= 4 is 28.1 Å². The molecule has 3 aromatic heterocycles. The normalized spacial score (nSPS) is 15.0. The minimum absolute atomic E-state index is 0.136. The van der Waals surface area contributed by atoms with E-state index >= 15 is 4.39 Å². The summed E-state index contributed by atoms with van der Waals surface area (Å²) in [5.74, 6) is 0.308. The van der Waals surface area contributed by atoms with Crippen molar-refractivity contribution in [3.05, 3.63) is 58.2 Å². The molecule has 1 aliphatic rings. The van der Waals surface area contributed by atoms with Crippen LogP contribution in [0.25, 0.3) is 16.6 Å². The average Bonchev–Trinajstić information content (AvgIpc) is 3.20. The Labute approximate surface area is 183 Å². The van der Waals surface area contributed by atoms with Crippen LogP contribution in [0.3, 0.4) is 0 Å². The van der Waals surface area contributed by atoms with Crippen molar-refractivity contribution in [2.75, 3.05) is 43.4 Å². The summed E-state index contributed by atoms with van der Waals surface area (Å²) >= 11 is 0. The molecule has 0 bridgehead atoms. The van der Waals surface area contributed by atoms with Crippen LogP contribution in [0.4, 0.5) is 15.9 Å². The highest BCUT2D eigenvalue weighted by Crippen LogP contribution is 2.29. The van der Waals surface area contributed by atoms with Crippen LogP contribution in [0.2, 0.25) is 0 Å². The molecule has 4 heterocycles. The molecule has 0 saturated carbocycles. The van der Waals surface area contributed by atoms with Gasteiger partial charge in [-0.2, -0.15) is 5.10 Å². The maximum atomic E-state index is 15.2. The summed E-state index contributed by atoms with van der Waals surface area (Å²) in [5, 5.41) is 8.05. The molecular formula is C22H25FN8O. The molecule has 1 saturated heterocycles. The molecule has 0 amide bonds. The topological polar surface area (TPSA) is 94.4 Å². The first-order valence-corrected chi connectivity index (χ1v) is 10.8. The van der Waals surface area contributed by atoms with Crippen LogP contribution in [0.15, 0.2) is 35.5 Å². The van der Waals surface area contributed by atoms with Crippen LogP contribution >= 0.6 is 0 Å². The Morgan fingerprint density at radius 3 is 2.75 bits per heavy atom. The van der Waals surface area contributed by atoms with Gasteiger partial charge in [-0.3, -0.25) is 9.69 Å². The average molecular weight is 436 g/mol. The molecule has 0 radical (unpaired) electrons. The zero-order valence-electron chi connectivity index (χ0n) is 18.1. The Hall–Kier alpha value is -3.53. The molecule has 1 aromatic carbocycles. The Bertz CT molecular complexity index is 1340. The molecule has 4 aromatic rings. The number of benzene rings is 1. The Morgan fingerprint density at radius 1 is 1.19 bits per heavy atom. The molecule has 1 fully saturated rings. The summed E-state index contributed by atoms with van der Waals surface area (Å²) in [7, 11) is 1.76. The summed E-state index contributed by atoms with van der Waals surface area (Å²) < 4.78 is 16.9. The number of aromatic amines is 1. The third-order valence-corrected chi connectivity index (χ3v) is 6.00. The SMILES string of the molecule is CCc1nn2cc(CN3CCN(c4ccc5c(NC)ncnc5c4F)CC3)cc2[nH]c1=O. The molecule has 10 heteroatoms. The molecule has 2 N–H and O–H groups in total. The predicted molar refractivity (Wildman–Crippen MR) is 122 cm³/mol. The molecular weight excluding hydrogens is 411 g/mol. The second kappa shape index (κ2) is 8.19. The quantitative estimate of drug-likeness (QED) is 0.494. The maximum Gasteiger partial charge on any atom is 0.273 e. The number of H-pyrrole nitrogens is 1. The standard InChI is InChI=1S/C22H25FN8O/c1-3-16-22(32)27-18-10-14(12-31(18)28-16)11-29-6-8-30(9-7-29)17-5-4-15-20(19(17)23)25-13-26-21(15)24-2/h4-5,10,12-13H,3,6-9,11H2,1-2H3,(H,27,32)(H,24,25,26). The second-order valence-corrected chi connectivity index (χ2v) is 7.96. The summed E-state index contributed by atoms with van der Waals surface area (Å²) in [6, 6.07) is 5.64. The van der Waals surface area contributed by atoms with Crippen LogP contribution in [0.5, 0.6) is 0 Å². The highest BCUT2D eigenvalue weighted by atomic mass is 19.1. The van der Waals surface area contributed by atoms with Crippen molar-refractivity contribution in [3.63, 3.8) is 0 Å². The van der Waals surface area contributed by atoms with Gasteiger partial charge in [-0.05, 0) is 30.2 Å². The van der Waals surface area contributed by atoms with Crippen LogP contribution in [-0.2, 0) is 13.0 Å². The summed E-state index contributed by atoms with van der Waals surface area (Å²) in [4.78, 5) is 27.6.